The van der Waals surface area contributed by atoms with Gasteiger partial charge in [0.15, 0.2) is 0 Å². The molecule has 13 nitrogen and oxygen atoms in total. The number of hydrogen-bond acceptors (Lipinski definition) is 8. The molecule has 3 rings (SSSR count). The molecule has 0 saturated carbocycles. The van der Waals surface area contributed by atoms with Crippen LogP contribution in [-0.2, 0) is 30.8 Å². The first-order valence-electron chi connectivity index (χ1n) is 16.6. The van der Waals surface area contributed by atoms with E-state index in [4.69, 9.17) is 4.74 Å². The van der Waals surface area contributed by atoms with Gasteiger partial charge in [0, 0.05) is 19.6 Å². The first-order chi connectivity index (χ1) is 23.0. The number of ether oxygens (including phenoxy) is 1. The van der Waals surface area contributed by atoms with Crippen LogP contribution in [0.25, 0.3) is 0 Å². The first kappa shape index (κ1) is 39.4. The monoisotopic (exact) mass is 701 g/mol. The van der Waals surface area contributed by atoms with Gasteiger partial charge < -0.3 is 25.4 Å². The second-order valence-corrected chi connectivity index (χ2v) is 15.5. The third kappa shape index (κ3) is 10.7. The van der Waals surface area contributed by atoms with Crippen molar-refractivity contribution in [1.29, 1.82) is 0 Å². The molecule has 0 radical (unpaired) electrons. The molecule has 2 aromatic carbocycles. The van der Waals surface area contributed by atoms with Crippen LogP contribution in [0, 0.1) is 17.8 Å². The number of carbonyl (C=O) groups excluding carboxylic acids is 4. The fourth-order valence-corrected chi connectivity index (χ4v) is 7.21. The van der Waals surface area contributed by atoms with Crippen LogP contribution in [0.2, 0.25) is 0 Å². The number of sulfonamides is 1. The summed E-state index contributed by atoms with van der Waals surface area (Å²) >= 11 is 0. The van der Waals surface area contributed by atoms with E-state index in [1.807, 2.05) is 58.0 Å². The molecular weight excluding hydrogens is 650 g/mol. The Kier molecular flexibility index (Phi) is 14.2. The third-order valence-electron chi connectivity index (χ3n) is 8.08. The Balaban J connectivity index is 1.88. The zero-order valence-electron chi connectivity index (χ0n) is 29.5. The van der Waals surface area contributed by atoms with Gasteiger partial charge in [-0.05, 0) is 54.0 Å². The van der Waals surface area contributed by atoms with Crippen molar-refractivity contribution in [2.75, 3.05) is 39.8 Å². The fraction of sp³-hybridized carbons (Fsp3) is 0.543. The summed E-state index contributed by atoms with van der Waals surface area (Å²) in [6.07, 6.45) is -1.20. The highest BCUT2D eigenvalue weighted by Crippen LogP contribution is 2.23. The summed E-state index contributed by atoms with van der Waals surface area (Å²) in [7, 11) is -2.57. The Morgan fingerprint density at radius 2 is 1.57 bits per heavy atom. The Hall–Kier alpha value is -4.01. The van der Waals surface area contributed by atoms with E-state index in [1.54, 1.807) is 26.0 Å². The number of nitrogens with zero attached hydrogens (tertiary/aromatic N) is 3. The molecule has 1 fully saturated rings. The topological polar surface area (TPSA) is 166 Å². The van der Waals surface area contributed by atoms with Crippen molar-refractivity contribution < 1.29 is 37.4 Å². The highest BCUT2D eigenvalue weighted by Gasteiger charge is 2.45. The van der Waals surface area contributed by atoms with Gasteiger partial charge in [-0.1, -0.05) is 71.9 Å². The molecule has 3 atom stereocenters. The number of aliphatic hydroxyl groups excluding tert-OH is 1. The van der Waals surface area contributed by atoms with Crippen LogP contribution in [0.3, 0.4) is 0 Å². The molecule has 5 amide bonds. The molecule has 0 aliphatic carbocycles. The second-order valence-electron chi connectivity index (χ2n) is 13.5. The summed E-state index contributed by atoms with van der Waals surface area (Å²) in [6, 6.07) is 12.3. The zero-order valence-corrected chi connectivity index (χ0v) is 30.3. The van der Waals surface area contributed by atoms with Gasteiger partial charge >= 0.3 is 6.03 Å². The molecule has 1 unspecified atom stereocenters. The van der Waals surface area contributed by atoms with Gasteiger partial charge in [0.1, 0.15) is 24.9 Å². The molecule has 1 saturated heterocycles. The largest absolute Gasteiger partial charge is 0.497 e. The molecule has 0 aromatic heterocycles. The van der Waals surface area contributed by atoms with Crippen LogP contribution in [0.15, 0.2) is 59.5 Å². The number of methoxy groups -OCH3 is 1. The van der Waals surface area contributed by atoms with Crippen molar-refractivity contribution in [1.82, 2.24) is 24.7 Å². The maximum absolute atomic E-state index is 14.0. The van der Waals surface area contributed by atoms with Gasteiger partial charge in [-0.25, -0.2) is 13.2 Å². The van der Waals surface area contributed by atoms with E-state index in [2.05, 4.69) is 10.6 Å². The van der Waals surface area contributed by atoms with E-state index in [1.165, 1.54) is 23.5 Å². The highest BCUT2D eigenvalue weighted by atomic mass is 32.2. The molecule has 49 heavy (non-hydrogen) atoms. The van der Waals surface area contributed by atoms with Crippen LogP contribution in [0.5, 0.6) is 5.75 Å². The molecule has 0 bridgehead atoms. The van der Waals surface area contributed by atoms with Crippen LogP contribution >= 0.6 is 0 Å². The lowest BCUT2D eigenvalue weighted by Crippen LogP contribution is -2.57. The Morgan fingerprint density at radius 3 is 2.12 bits per heavy atom. The lowest BCUT2D eigenvalue weighted by Gasteiger charge is -2.34. The number of aliphatic hydroxyl groups is 1. The van der Waals surface area contributed by atoms with Crippen molar-refractivity contribution in [3.63, 3.8) is 0 Å². The van der Waals surface area contributed by atoms with E-state index in [9.17, 15) is 32.7 Å². The summed E-state index contributed by atoms with van der Waals surface area (Å²) in [5.74, 6) is -1.55. The highest BCUT2D eigenvalue weighted by molar-refractivity contribution is 7.89. The molecule has 2 aromatic rings. The minimum atomic E-state index is -4.06. The van der Waals surface area contributed by atoms with E-state index in [0.717, 1.165) is 15.4 Å². The first-order valence-corrected chi connectivity index (χ1v) is 18.0. The van der Waals surface area contributed by atoms with Crippen molar-refractivity contribution in [2.24, 2.45) is 17.8 Å². The lowest BCUT2D eigenvalue weighted by molar-refractivity contribution is -0.131. The Labute approximate surface area is 290 Å². The molecule has 270 valence electrons. The SMILES string of the molecule is COc1ccc(S(=O)(=O)N(CC(C)C)C[C@@H](O)[C@H](Cc2ccccc2)NC(=O)C(C(C)C)N2CC(=O)N(CC(=O)NCC(C)C)C2=O)cc1. The number of nitrogens with one attached hydrogen (secondary N) is 2. The minimum absolute atomic E-state index is 0.0318. The van der Waals surface area contributed by atoms with Crippen molar-refractivity contribution in [2.45, 2.75) is 71.0 Å². The number of imide groups is 1. The van der Waals surface area contributed by atoms with E-state index < -0.39 is 64.4 Å². The number of benzene rings is 2. The van der Waals surface area contributed by atoms with Gasteiger partial charge in [-0.3, -0.25) is 19.3 Å². The summed E-state index contributed by atoms with van der Waals surface area (Å²) in [4.78, 5) is 54.8. The third-order valence-corrected chi connectivity index (χ3v) is 9.92. The van der Waals surface area contributed by atoms with Crippen molar-refractivity contribution in [3.8, 4) is 5.75 Å². The number of rotatable bonds is 18. The molecule has 0 spiro atoms. The number of carbonyl (C=O) groups is 4. The van der Waals surface area contributed by atoms with Crippen LogP contribution in [0.4, 0.5) is 4.79 Å². The van der Waals surface area contributed by atoms with Gasteiger partial charge in [0.25, 0.3) is 5.91 Å². The number of urea groups is 1. The molecule has 3 N–H and O–H groups in total. The quantitative estimate of drug-likeness (QED) is 0.200. The van der Waals surface area contributed by atoms with Crippen LogP contribution < -0.4 is 15.4 Å². The molecule has 14 heteroatoms. The van der Waals surface area contributed by atoms with Gasteiger partial charge in [0.2, 0.25) is 21.8 Å². The summed E-state index contributed by atoms with van der Waals surface area (Å²) in [6.45, 7) is 10.4. The van der Waals surface area contributed by atoms with Crippen LogP contribution in [0.1, 0.15) is 47.1 Å². The Bertz CT molecular complexity index is 1530. The lowest BCUT2D eigenvalue weighted by atomic mass is 9.97. The molecular formula is C35H51N5O8S. The Morgan fingerprint density at radius 1 is 0.939 bits per heavy atom. The maximum Gasteiger partial charge on any atom is 0.328 e. The van der Waals surface area contributed by atoms with E-state index in [0.29, 0.717) is 12.3 Å². The predicted octanol–water partition coefficient (Wildman–Crippen LogP) is 2.49. The van der Waals surface area contributed by atoms with Crippen molar-refractivity contribution >= 4 is 33.8 Å². The van der Waals surface area contributed by atoms with Crippen molar-refractivity contribution in [3.05, 3.63) is 60.2 Å². The summed E-state index contributed by atoms with van der Waals surface area (Å²) in [5.41, 5.74) is 0.785. The summed E-state index contributed by atoms with van der Waals surface area (Å²) < 4.78 is 34.0. The average Bonchev–Trinajstić information content (AvgIpc) is 3.31. The van der Waals surface area contributed by atoms with Gasteiger partial charge in [-0.2, -0.15) is 4.31 Å². The number of hydrogen-bond donors (Lipinski definition) is 3. The second kappa shape index (κ2) is 17.6. The summed E-state index contributed by atoms with van der Waals surface area (Å²) in [5, 5.41) is 17.3. The van der Waals surface area contributed by atoms with Gasteiger partial charge in [0.05, 0.1) is 24.2 Å². The van der Waals surface area contributed by atoms with E-state index in [-0.39, 0.29) is 42.8 Å². The normalized spacial score (nSPS) is 15.7. The zero-order chi connectivity index (χ0) is 36.5. The average molecular weight is 702 g/mol. The molecule has 1 heterocycles. The standard InChI is InChI=1S/C35H51N5O8S/c1-23(2)18-36-31(42)21-39-32(43)22-40(35(39)45)33(25(5)6)34(44)37-29(17-26-11-9-8-10-12-26)30(41)20-38(19-24(3)4)49(46,47)28-15-13-27(48-7)14-16-28/h8-16,23-25,29-30,33,41H,17-22H2,1-7H3,(H,36,42)(H,37,44)/t29-,30+,33?/m0/s1. The van der Waals surface area contributed by atoms with Gasteiger partial charge in [-0.15, -0.1) is 0 Å². The maximum atomic E-state index is 14.0. The number of amides is 5. The smallest absolute Gasteiger partial charge is 0.328 e. The van der Waals surface area contributed by atoms with E-state index >= 15 is 0 Å². The predicted molar refractivity (Wildman–Crippen MR) is 185 cm³/mol. The minimum Gasteiger partial charge on any atom is -0.497 e. The molecule has 1 aliphatic heterocycles. The fourth-order valence-electron chi connectivity index (χ4n) is 5.59. The molecule has 1 aliphatic rings. The van der Waals surface area contributed by atoms with Crippen LogP contribution in [-0.4, -0.2) is 109 Å².